The van der Waals surface area contributed by atoms with Gasteiger partial charge in [0, 0.05) is 19.0 Å². The van der Waals surface area contributed by atoms with E-state index in [1.807, 2.05) is 24.3 Å². The van der Waals surface area contributed by atoms with E-state index >= 15 is 0 Å². The molecule has 0 N–H and O–H groups in total. The lowest BCUT2D eigenvalue weighted by Crippen LogP contribution is -2.19. The Morgan fingerprint density at radius 3 is 3.00 bits per heavy atom. The first-order valence-electron chi connectivity index (χ1n) is 6.81. The highest BCUT2D eigenvalue weighted by Gasteiger charge is 2.19. The number of para-hydroxylation sites is 2. The summed E-state index contributed by atoms with van der Waals surface area (Å²) in [6, 6.07) is 10.1. The van der Waals surface area contributed by atoms with Crippen molar-refractivity contribution in [1.82, 2.24) is 9.97 Å². The molecule has 0 amide bonds. The van der Waals surface area contributed by atoms with E-state index in [0.717, 1.165) is 53.7 Å². The molecule has 0 saturated carbocycles. The molecule has 2 heterocycles. The Hall–Kier alpha value is -1.62. The topological polar surface area (TPSA) is 38.2 Å². The fraction of sp³-hybridized carbons (Fsp3) is 0.333. The highest BCUT2D eigenvalue weighted by molar-refractivity contribution is 9.10. The molecule has 2 aromatic rings. The summed E-state index contributed by atoms with van der Waals surface area (Å²) < 4.78 is 6.61. The molecule has 1 aromatic carbocycles. The zero-order chi connectivity index (χ0) is 13.9. The first-order chi connectivity index (χ1) is 9.78. The maximum absolute atomic E-state index is 5.79. The quantitative estimate of drug-likeness (QED) is 0.785. The number of halogens is 1. The summed E-state index contributed by atoms with van der Waals surface area (Å²) in [5.41, 5.74) is 1.07. The van der Waals surface area contributed by atoms with Crippen molar-refractivity contribution in [3.05, 3.63) is 40.8 Å². The number of hydrogen-bond acceptors (Lipinski definition) is 4. The van der Waals surface area contributed by atoms with Gasteiger partial charge in [0.25, 0.3) is 0 Å². The van der Waals surface area contributed by atoms with Crippen LogP contribution in [-0.4, -0.2) is 23.1 Å². The van der Waals surface area contributed by atoms with E-state index in [0.29, 0.717) is 0 Å². The van der Waals surface area contributed by atoms with Gasteiger partial charge in [-0.15, -0.1) is 0 Å². The molecule has 5 heteroatoms. The molecular weight excluding hydrogens is 318 g/mol. The van der Waals surface area contributed by atoms with Crippen LogP contribution in [0.4, 0.5) is 11.5 Å². The normalized spacial score (nSPS) is 14.4. The smallest absolute Gasteiger partial charge is 0.142 e. The Morgan fingerprint density at radius 1 is 1.30 bits per heavy atom. The van der Waals surface area contributed by atoms with E-state index in [-0.39, 0.29) is 0 Å². The summed E-state index contributed by atoms with van der Waals surface area (Å²) in [6.45, 7) is 3.69. The van der Waals surface area contributed by atoms with Gasteiger partial charge in [0.2, 0.25) is 0 Å². The number of anilines is 2. The maximum atomic E-state index is 5.79. The predicted molar refractivity (Wildman–Crippen MR) is 82.7 cm³/mol. The molecule has 0 bridgehead atoms. The fourth-order valence-corrected chi connectivity index (χ4v) is 2.72. The molecule has 1 aromatic heterocycles. The molecule has 0 fully saturated rings. The highest BCUT2D eigenvalue weighted by Crippen LogP contribution is 2.35. The lowest BCUT2D eigenvalue weighted by molar-refractivity contribution is 0.322. The van der Waals surface area contributed by atoms with Crippen molar-refractivity contribution in [1.29, 1.82) is 0 Å². The number of rotatable bonds is 2. The van der Waals surface area contributed by atoms with Gasteiger partial charge < -0.3 is 9.64 Å². The van der Waals surface area contributed by atoms with Crippen LogP contribution in [-0.2, 0) is 6.42 Å². The summed E-state index contributed by atoms with van der Waals surface area (Å²) >= 11 is 3.47. The molecule has 3 rings (SSSR count). The second-order valence-electron chi connectivity index (χ2n) is 4.64. The molecule has 0 unspecified atom stereocenters. The summed E-state index contributed by atoms with van der Waals surface area (Å²) in [7, 11) is 0. The lowest BCUT2D eigenvalue weighted by atomic mass is 10.2. The van der Waals surface area contributed by atoms with Gasteiger partial charge in [0.05, 0.1) is 12.3 Å². The Morgan fingerprint density at radius 2 is 2.15 bits per heavy atom. The fourth-order valence-electron chi connectivity index (χ4n) is 2.31. The van der Waals surface area contributed by atoms with Gasteiger partial charge in [-0.3, -0.25) is 0 Å². The Labute approximate surface area is 126 Å². The van der Waals surface area contributed by atoms with E-state index in [2.05, 4.69) is 43.8 Å². The summed E-state index contributed by atoms with van der Waals surface area (Å²) in [5, 5.41) is 0. The molecule has 104 valence electrons. The van der Waals surface area contributed by atoms with Crippen LogP contribution < -0.4 is 9.64 Å². The molecule has 20 heavy (non-hydrogen) atoms. The number of aromatic nitrogens is 2. The van der Waals surface area contributed by atoms with Gasteiger partial charge in [-0.2, -0.15) is 0 Å². The predicted octanol–water partition coefficient (Wildman–Crippen LogP) is 3.72. The lowest BCUT2D eigenvalue weighted by Gasteiger charge is -2.23. The second kappa shape index (κ2) is 5.79. The third-order valence-corrected chi connectivity index (χ3v) is 3.67. The molecule has 4 nitrogen and oxygen atoms in total. The Kier molecular flexibility index (Phi) is 3.87. The minimum atomic E-state index is 0.737. The molecule has 0 atom stereocenters. The van der Waals surface area contributed by atoms with Crippen molar-refractivity contribution in [3.8, 4) is 5.75 Å². The largest absolute Gasteiger partial charge is 0.491 e. The SMILES string of the molecule is CCc1nc(Br)cc(N2CCCOc3ccccc32)n1. The van der Waals surface area contributed by atoms with E-state index in [9.17, 15) is 0 Å². The average Bonchev–Trinajstić information content (AvgIpc) is 2.69. The van der Waals surface area contributed by atoms with Gasteiger partial charge >= 0.3 is 0 Å². The van der Waals surface area contributed by atoms with Gasteiger partial charge in [0.1, 0.15) is 22.0 Å². The first-order valence-corrected chi connectivity index (χ1v) is 7.60. The zero-order valence-electron chi connectivity index (χ0n) is 11.3. The number of fused-ring (bicyclic) bond motifs is 1. The minimum absolute atomic E-state index is 0.737. The molecule has 0 radical (unpaired) electrons. The van der Waals surface area contributed by atoms with Crippen molar-refractivity contribution < 1.29 is 4.74 Å². The van der Waals surface area contributed by atoms with Crippen molar-refractivity contribution in [3.63, 3.8) is 0 Å². The summed E-state index contributed by atoms with van der Waals surface area (Å²) in [5.74, 6) is 2.68. The van der Waals surface area contributed by atoms with Gasteiger partial charge in [0.15, 0.2) is 0 Å². The van der Waals surface area contributed by atoms with Crippen LogP contribution in [0.5, 0.6) is 5.75 Å². The van der Waals surface area contributed by atoms with Crippen LogP contribution >= 0.6 is 15.9 Å². The third kappa shape index (κ3) is 2.63. The molecule has 1 aliphatic rings. The van der Waals surface area contributed by atoms with Crippen LogP contribution in [0.3, 0.4) is 0 Å². The molecule has 0 spiro atoms. The first kappa shape index (κ1) is 13.4. The van der Waals surface area contributed by atoms with Gasteiger partial charge in [-0.1, -0.05) is 19.1 Å². The number of nitrogens with zero attached hydrogens (tertiary/aromatic N) is 3. The number of hydrogen-bond donors (Lipinski definition) is 0. The Balaban J connectivity index is 2.07. The van der Waals surface area contributed by atoms with Crippen LogP contribution in [0.1, 0.15) is 19.2 Å². The van der Waals surface area contributed by atoms with Crippen molar-refractivity contribution in [2.75, 3.05) is 18.1 Å². The maximum Gasteiger partial charge on any atom is 0.142 e. The van der Waals surface area contributed by atoms with Crippen molar-refractivity contribution in [2.24, 2.45) is 0 Å². The third-order valence-electron chi connectivity index (χ3n) is 3.26. The molecule has 1 aliphatic heterocycles. The summed E-state index contributed by atoms with van der Waals surface area (Å²) in [4.78, 5) is 11.2. The monoisotopic (exact) mass is 333 g/mol. The number of benzene rings is 1. The van der Waals surface area contributed by atoms with Crippen LogP contribution in [0.25, 0.3) is 0 Å². The van der Waals surface area contributed by atoms with E-state index in [1.165, 1.54) is 0 Å². The highest BCUT2D eigenvalue weighted by atomic mass is 79.9. The summed E-state index contributed by atoms with van der Waals surface area (Å²) in [6.07, 6.45) is 1.79. The molecular formula is C15H16BrN3O. The van der Waals surface area contributed by atoms with E-state index in [1.54, 1.807) is 0 Å². The van der Waals surface area contributed by atoms with Crippen molar-refractivity contribution >= 4 is 27.4 Å². The zero-order valence-corrected chi connectivity index (χ0v) is 12.9. The van der Waals surface area contributed by atoms with E-state index < -0.39 is 0 Å². The van der Waals surface area contributed by atoms with Crippen LogP contribution in [0.2, 0.25) is 0 Å². The Bertz CT molecular complexity index is 618. The molecule has 0 aliphatic carbocycles. The number of aryl methyl sites for hydroxylation is 1. The van der Waals surface area contributed by atoms with Crippen LogP contribution in [0, 0.1) is 0 Å². The van der Waals surface area contributed by atoms with E-state index in [4.69, 9.17) is 4.74 Å². The number of ether oxygens (including phenoxy) is 1. The average molecular weight is 334 g/mol. The molecule has 0 saturated heterocycles. The van der Waals surface area contributed by atoms with Crippen molar-refractivity contribution in [2.45, 2.75) is 19.8 Å². The van der Waals surface area contributed by atoms with Gasteiger partial charge in [-0.05, 0) is 34.5 Å². The second-order valence-corrected chi connectivity index (χ2v) is 5.45. The van der Waals surface area contributed by atoms with Crippen LogP contribution in [0.15, 0.2) is 34.9 Å². The minimum Gasteiger partial charge on any atom is -0.491 e. The standard InChI is InChI=1S/C15H16BrN3O/c1-2-14-17-13(16)10-15(18-14)19-8-5-9-20-12-7-4-3-6-11(12)19/h3-4,6-7,10H,2,5,8-9H2,1H3. The van der Waals surface area contributed by atoms with Gasteiger partial charge in [-0.25, -0.2) is 9.97 Å².